The van der Waals surface area contributed by atoms with E-state index in [9.17, 15) is 9.50 Å². The summed E-state index contributed by atoms with van der Waals surface area (Å²) in [6.45, 7) is 4.01. The molecule has 0 spiro atoms. The minimum Gasteiger partial charge on any atom is -0.394 e. The number of nitrogens with one attached hydrogen (secondary N) is 2. The molecule has 146 valence electrons. The number of aliphatic hydroxyl groups is 1. The molecule has 0 saturated carbocycles. The van der Waals surface area contributed by atoms with Crippen molar-refractivity contribution in [2.75, 3.05) is 17.2 Å². The molecule has 7 heteroatoms. The van der Waals surface area contributed by atoms with Gasteiger partial charge in [0.25, 0.3) is 0 Å². The van der Waals surface area contributed by atoms with Crippen molar-refractivity contribution in [1.29, 1.82) is 0 Å². The lowest BCUT2D eigenvalue weighted by Crippen LogP contribution is -2.30. The summed E-state index contributed by atoms with van der Waals surface area (Å²) < 4.78 is 14.0. The lowest BCUT2D eigenvalue weighted by atomic mass is 10.1. The first kappa shape index (κ1) is 20.2. The van der Waals surface area contributed by atoms with Crippen LogP contribution < -0.4 is 10.6 Å². The van der Waals surface area contributed by atoms with E-state index in [1.807, 2.05) is 50.2 Å². The second-order valence-corrected chi connectivity index (χ2v) is 7.61. The Morgan fingerprint density at radius 1 is 1.07 bits per heavy atom. The summed E-state index contributed by atoms with van der Waals surface area (Å²) in [5.41, 5.74) is 2.37. The summed E-state index contributed by atoms with van der Waals surface area (Å²) in [6.07, 6.45) is 0. The smallest absolute Gasteiger partial charge is 0.225 e. The standard InChI is InChI=1S/C21H22BrFN4O/c1-13(2)19(12-28)26-21-25-18(14-6-4-3-5-7-14)11-20(27-21)24-17-9-8-15(23)10-16(17)22/h3-11,13,19,28H,12H2,1-2H3,(H2,24,25,26,27)/t19-/m1/s1. The largest absolute Gasteiger partial charge is 0.394 e. The molecule has 1 atom stereocenters. The Labute approximate surface area is 172 Å². The molecule has 3 N–H and O–H groups in total. The fourth-order valence-electron chi connectivity index (χ4n) is 2.65. The van der Waals surface area contributed by atoms with Gasteiger partial charge in [0, 0.05) is 16.1 Å². The van der Waals surface area contributed by atoms with E-state index >= 15 is 0 Å². The van der Waals surface area contributed by atoms with Gasteiger partial charge in [-0.3, -0.25) is 0 Å². The van der Waals surface area contributed by atoms with Crippen molar-refractivity contribution in [3.63, 3.8) is 0 Å². The van der Waals surface area contributed by atoms with E-state index < -0.39 is 0 Å². The van der Waals surface area contributed by atoms with Gasteiger partial charge in [0.2, 0.25) is 5.95 Å². The van der Waals surface area contributed by atoms with Gasteiger partial charge in [0.1, 0.15) is 11.6 Å². The summed E-state index contributed by atoms with van der Waals surface area (Å²) in [6, 6.07) is 15.8. The first-order valence-corrected chi connectivity index (χ1v) is 9.79. The average molecular weight is 445 g/mol. The third-order valence-electron chi connectivity index (χ3n) is 4.31. The molecule has 0 radical (unpaired) electrons. The van der Waals surface area contributed by atoms with Crippen molar-refractivity contribution < 1.29 is 9.50 Å². The molecule has 3 rings (SSSR count). The van der Waals surface area contributed by atoms with Crippen LogP contribution in [0.4, 0.5) is 21.8 Å². The first-order valence-electron chi connectivity index (χ1n) is 9.00. The van der Waals surface area contributed by atoms with Crippen LogP contribution in [0.15, 0.2) is 59.1 Å². The lowest BCUT2D eigenvalue weighted by molar-refractivity contribution is 0.248. The van der Waals surface area contributed by atoms with Crippen LogP contribution in [0.3, 0.4) is 0 Å². The van der Waals surface area contributed by atoms with Gasteiger partial charge in [0.15, 0.2) is 0 Å². The SMILES string of the molecule is CC(C)[C@@H](CO)Nc1nc(Nc2ccc(F)cc2Br)cc(-c2ccccc2)n1. The highest BCUT2D eigenvalue weighted by Crippen LogP contribution is 2.28. The Balaban J connectivity index is 1.99. The molecule has 0 amide bonds. The van der Waals surface area contributed by atoms with Gasteiger partial charge in [-0.1, -0.05) is 44.2 Å². The van der Waals surface area contributed by atoms with Crippen LogP contribution in [0, 0.1) is 11.7 Å². The zero-order chi connectivity index (χ0) is 20.1. The maximum Gasteiger partial charge on any atom is 0.225 e. The van der Waals surface area contributed by atoms with E-state index in [0.29, 0.717) is 21.9 Å². The van der Waals surface area contributed by atoms with Crippen LogP contribution >= 0.6 is 15.9 Å². The molecule has 0 aliphatic carbocycles. The predicted molar refractivity (Wildman–Crippen MR) is 114 cm³/mol. The van der Waals surface area contributed by atoms with Crippen molar-refractivity contribution in [3.05, 3.63) is 64.9 Å². The summed E-state index contributed by atoms with van der Waals surface area (Å²) in [5.74, 6) is 0.853. The normalized spacial score (nSPS) is 12.1. The van der Waals surface area contributed by atoms with Crippen molar-refractivity contribution in [1.82, 2.24) is 9.97 Å². The van der Waals surface area contributed by atoms with Crippen LogP contribution in [-0.4, -0.2) is 27.7 Å². The molecule has 3 aromatic rings. The Kier molecular flexibility index (Phi) is 6.59. The zero-order valence-electron chi connectivity index (χ0n) is 15.7. The minimum atomic E-state index is -0.324. The van der Waals surface area contributed by atoms with E-state index in [-0.39, 0.29) is 24.4 Å². The molecular weight excluding hydrogens is 423 g/mol. The Morgan fingerprint density at radius 2 is 1.82 bits per heavy atom. The van der Waals surface area contributed by atoms with Crippen LogP contribution in [0.5, 0.6) is 0 Å². The quantitative estimate of drug-likeness (QED) is 0.466. The summed E-state index contributed by atoms with van der Waals surface area (Å²) in [4.78, 5) is 9.14. The number of benzene rings is 2. The van der Waals surface area contributed by atoms with E-state index in [1.54, 1.807) is 6.07 Å². The van der Waals surface area contributed by atoms with Gasteiger partial charge >= 0.3 is 0 Å². The molecular formula is C21H22BrFN4O. The molecule has 1 heterocycles. The summed E-state index contributed by atoms with van der Waals surface area (Å²) >= 11 is 3.36. The van der Waals surface area contributed by atoms with Crippen LogP contribution in [-0.2, 0) is 0 Å². The van der Waals surface area contributed by atoms with E-state index in [1.165, 1.54) is 12.1 Å². The molecule has 0 saturated heterocycles. The number of aliphatic hydroxyl groups excluding tert-OH is 1. The van der Waals surface area contributed by atoms with Gasteiger partial charge in [-0.05, 0) is 40.0 Å². The van der Waals surface area contributed by atoms with Crippen LogP contribution in [0.25, 0.3) is 11.3 Å². The van der Waals surface area contributed by atoms with Gasteiger partial charge in [-0.25, -0.2) is 9.37 Å². The van der Waals surface area contributed by atoms with Crippen molar-refractivity contribution in [3.8, 4) is 11.3 Å². The molecule has 1 aromatic heterocycles. The summed E-state index contributed by atoms with van der Waals surface area (Å²) in [5, 5.41) is 16.0. The monoisotopic (exact) mass is 444 g/mol. The molecule has 0 fully saturated rings. The topological polar surface area (TPSA) is 70.1 Å². The Hall–Kier alpha value is -2.51. The van der Waals surface area contributed by atoms with E-state index in [2.05, 4.69) is 36.5 Å². The number of rotatable bonds is 7. The van der Waals surface area contributed by atoms with Gasteiger partial charge in [-0.15, -0.1) is 0 Å². The zero-order valence-corrected chi connectivity index (χ0v) is 17.2. The highest BCUT2D eigenvalue weighted by molar-refractivity contribution is 9.10. The Bertz CT molecular complexity index is 937. The molecule has 28 heavy (non-hydrogen) atoms. The van der Waals surface area contributed by atoms with Crippen molar-refractivity contribution in [2.24, 2.45) is 5.92 Å². The third kappa shape index (κ3) is 5.05. The third-order valence-corrected chi connectivity index (χ3v) is 4.96. The molecule has 0 aliphatic heterocycles. The number of nitrogens with zero attached hydrogens (tertiary/aromatic N) is 2. The molecule has 2 aromatic carbocycles. The average Bonchev–Trinajstić information content (AvgIpc) is 2.68. The predicted octanol–water partition coefficient (Wildman–Crippen LogP) is 5.22. The second kappa shape index (κ2) is 9.12. The van der Waals surface area contributed by atoms with E-state index in [4.69, 9.17) is 0 Å². The maximum atomic E-state index is 13.4. The number of hydrogen-bond donors (Lipinski definition) is 3. The number of halogens is 2. The second-order valence-electron chi connectivity index (χ2n) is 6.75. The Morgan fingerprint density at radius 3 is 2.46 bits per heavy atom. The highest BCUT2D eigenvalue weighted by atomic mass is 79.9. The first-order chi connectivity index (χ1) is 13.5. The summed E-state index contributed by atoms with van der Waals surface area (Å²) in [7, 11) is 0. The molecule has 0 aliphatic rings. The molecule has 5 nitrogen and oxygen atoms in total. The molecule has 0 bridgehead atoms. The van der Waals surface area contributed by atoms with Crippen molar-refractivity contribution >= 4 is 33.4 Å². The fourth-order valence-corrected chi connectivity index (χ4v) is 3.10. The number of aromatic nitrogens is 2. The van der Waals surface area contributed by atoms with E-state index in [0.717, 1.165) is 11.3 Å². The number of anilines is 3. The van der Waals surface area contributed by atoms with Gasteiger partial charge in [0.05, 0.1) is 24.0 Å². The maximum absolute atomic E-state index is 13.4. The number of hydrogen-bond acceptors (Lipinski definition) is 5. The highest BCUT2D eigenvalue weighted by Gasteiger charge is 2.15. The molecule has 0 unspecified atom stereocenters. The van der Waals surface area contributed by atoms with Crippen LogP contribution in [0.1, 0.15) is 13.8 Å². The lowest BCUT2D eigenvalue weighted by Gasteiger charge is -2.21. The fraction of sp³-hybridized carbons (Fsp3) is 0.238. The van der Waals surface area contributed by atoms with Crippen LogP contribution in [0.2, 0.25) is 0 Å². The van der Waals surface area contributed by atoms with Crippen molar-refractivity contribution in [2.45, 2.75) is 19.9 Å². The van der Waals surface area contributed by atoms with Gasteiger partial charge in [-0.2, -0.15) is 4.98 Å². The minimum absolute atomic E-state index is 0.0249. The van der Waals surface area contributed by atoms with Gasteiger partial charge < -0.3 is 15.7 Å².